The van der Waals surface area contributed by atoms with Gasteiger partial charge in [-0.15, -0.1) is 0 Å². The Balaban J connectivity index is 1.34. The summed E-state index contributed by atoms with van der Waals surface area (Å²) in [5.74, 6) is 8.25. The molecule has 0 saturated heterocycles. The lowest BCUT2D eigenvalue weighted by Crippen LogP contribution is -2.25. The average Bonchev–Trinajstić information content (AvgIpc) is 3.29. The molecule has 32 heavy (non-hydrogen) atoms. The molecule has 1 aromatic rings. The zero-order chi connectivity index (χ0) is 22.5. The Bertz CT molecular complexity index is 942. The lowest BCUT2D eigenvalue weighted by molar-refractivity contribution is 0.174. The minimum Gasteiger partial charge on any atom is -0.204 e. The van der Waals surface area contributed by atoms with Crippen LogP contribution in [-0.4, -0.2) is 5.16 Å². The van der Waals surface area contributed by atoms with Crippen molar-refractivity contribution >= 4 is 23.1 Å². The van der Waals surface area contributed by atoms with Crippen LogP contribution in [0.3, 0.4) is 0 Å². The number of aliphatic imine (C=N–C) groups is 1. The van der Waals surface area contributed by atoms with E-state index in [0.717, 1.165) is 42.1 Å². The van der Waals surface area contributed by atoms with Crippen LogP contribution < -0.4 is 0 Å². The van der Waals surface area contributed by atoms with E-state index < -0.39 is 17.3 Å². The van der Waals surface area contributed by atoms with E-state index in [9.17, 15) is 8.78 Å². The highest BCUT2D eigenvalue weighted by molar-refractivity contribution is 7.78. The van der Waals surface area contributed by atoms with Gasteiger partial charge in [0.1, 0.15) is 5.69 Å². The van der Waals surface area contributed by atoms with E-state index in [0.29, 0.717) is 5.56 Å². The monoisotopic (exact) mass is 453 g/mol. The van der Waals surface area contributed by atoms with Crippen molar-refractivity contribution in [3.63, 3.8) is 0 Å². The van der Waals surface area contributed by atoms with E-state index in [1.165, 1.54) is 81.9 Å². The van der Waals surface area contributed by atoms with Crippen molar-refractivity contribution in [2.45, 2.75) is 84.0 Å². The molecule has 0 radical (unpaired) electrons. The summed E-state index contributed by atoms with van der Waals surface area (Å²) in [5.41, 5.74) is 2.41. The maximum absolute atomic E-state index is 14.0. The summed E-state index contributed by atoms with van der Waals surface area (Å²) < 4.78 is 28.1. The van der Waals surface area contributed by atoms with Crippen LogP contribution in [-0.2, 0) is 0 Å². The van der Waals surface area contributed by atoms with Gasteiger partial charge in [-0.2, -0.15) is 4.99 Å². The van der Waals surface area contributed by atoms with Crippen LogP contribution >= 0.6 is 12.2 Å². The van der Waals surface area contributed by atoms with E-state index in [1.54, 1.807) is 0 Å². The Morgan fingerprint density at radius 3 is 2.19 bits per heavy atom. The van der Waals surface area contributed by atoms with Gasteiger partial charge in [-0.1, -0.05) is 55.9 Å². The molecular formula is C28H33F2NS. The van der Waals surface area contributed by atoms with Crippen molar-refractivity contribution in [3.8, 4) is 11.8 Å². The number of thiocarbonyl (C=S) groups is 1. The summed E-state index contributed by atoms with van der Waals surface area (Å²) in [4.78, 5) is 3.45. The Morgan fingerprint density at radius 2 is 1.56 bits per heavy atom. The molecule has 3 aliphatic carbocycles. The maximum Gasteiger partial charge on any atom is 0.153 e. The van der Waals surface area contributed by atoms with Gasteiger partial charge >= 0.3 is 0 Å². The fourth-order valence-corrected chi connectivity index (χ4v) is 6.38. The van der Waals surface area contributed by atoms with E-state index >= 15 is 0 Å². The number of nitrogens with zero attached hydrogens (tertiary/aromatic N) is 1. The number of hydrogen-bond donors (Lipinski definition) is 0. The molecule has 1 nitrogen and oxygen atoms in total. The molecule has 1 aromatic carbocycles. The van der Waals surface area contributed by atoms with E-state index in [1.807, 2.05) is 5.16 Å². The molecule has 2 saturated carbocycles. The largest absolute Gasteiger partial charge is 0.204 e. The molecule has 0 aromatic heterocycles. The third-order valence-corrected chi connectivity index (χ3v) is 8.17. The molecule has 0 amide bonds. The van der Waals surface area contributed by atoms with Crippen molar-refractivity contribution in [1.29, 1.82) is 0 Å². The zero-order valence-corrected chi connectivity index (χ0v) is 19.9. The van der Waals surface area contributed by atoms with Gasteiger partial charge in [0.05, 0.1) is 5.16 Å². The first kappa shape index (κ1) is 23.3. The third kappa shape index (κ3) is 5.75. The van der Waals surface area contributed by atoms with Gasteiger partial charge < -0.3 is 0 Å². The Morgan fingerprint density at radius 1 is 0.906 bits per heavy atom. The highest BCUT2D eigenvalue weighted by Crippen LogP contribution is 2.44. The van der Waals surface area contributed by atoms with Crippen LogP contribution in [0.5, 0.6) is 0 Å². The third-order valence-electron chi connectivity index (χ3n) is 8.08. The van der Waals surface area contributed by atoms with Crippen LogP contribution in [0.25, 0.3) is 0 Å². The SMILES string of the molecule is CC1=C(C#Cc2cc(F)c(N=C=S)c(F)c2)CCC(C2CCC(CC3CCCC3)CC2)C1. The molecule has 4 rings (SSSR count). The summed E-state index contributed by atoms with van der Waals surface area (Å²) in [6.45, 7) is 2.18. The number of hydrogen-bond acceptors (Lipinski definition) is 2. The van der Waals surface area contributed by atoms with E-state index in [4.69, 9.17) is 0 Å². The molecule has 0 bridgehead atoms. The predicted octanol–water partition coefficient (Wildman–Crippen LogP) is 8.55. The molecule has 4 heteroatoms. The summed E-state index contributed by atoms with van der Waals surface area (Å²) in [7, 11) is 0. The molecule has 0 heterocycles. The predicted molar refractivity (Wildman–Crippen MR) is 130 cm³/mol. The van der Waals surface area contributed by atoms with Crippen molar-refractivity contribution in [3.05, 3.63) is 40.5 Å². The zero-order valence-electron chi connectivity index (χ0n) is 19.1. The Labute approximate surface area is 196 Å². The van der Waals surface area contributed by atoms with Gasteiger partial charge in [0.2, 0.25) is 0 Å². The summed E-state index contributed by atoms with van der Waals surface area (Å²) in [6, 6.07) is 2.43. The van der Waals surface area contributed by atoms with Crippen LogP contribution in [0.1, 0.15) is 89.5 Å². The number of benzene rings is 1. The van der Waals surface area contributed by atoms with Crippen molar-refractivity contribution < 1.29 is 8.78 Å². The van der Waals surface area contributed by atoms with Gasteiger partial charge in [-0.25, -0.2) is 8.78 Å². The Kier molecular flexibility index (Phi) is 7.93. The molecule has 2 fully saturated rings. The van der Waals surface area contributed by atoms with Crippen LogP contribution in [0.4, 0.5) is 14.5 Å². The van der Waals surface area contributed by atoms with E-state index in [-0.39, 0.29) is 0 Å². The second-order valence-corrected chi connectivity index (χ2v) is 10.4. The first-order chi connectivity index (χ1) is 15.5. The molecule has 3 aliphatic rings. The number of allylic oxidation sites excluding steroid dienone is 2. The topological polar surface area (TPSA) is 12.4 Å². The Hall–Kier alpha value is -1.82. The van der Waals surface area contributed by atoms with Gasteiger partial charge in [-0.3, -0.25) is 0 Å². The first-order valence-electron chi connectivity index (χ1n) is 12.3. The first-order valence-corrected chi connectivity index (χ1v) is 12.7. The van der Waals surface area contributed by atoms with Crippen LogP contribution in [0.2, 0.25) is 0 Å². The fourth-order valence-electron chi connectivity index (χ4n) is 6.28. The second kappa shape index (κ2) is 10.9. The summed E-state index contributed by atoms with van der Waals surface area (Å²) >= 11 is 4.44. The van der Waals surface area contributed by atoms with Crippen molar-refractivity contribution in [2.75, 3.05) is 0 Å². The molecule has 0 spiro atoms. The quantitative estimate of drug-likeness (QED) is 0.253. The van der Waals surface area contributed by atoms with Gasteiger partial charge in [0, 0.05) is 11.1 Å². The maximum atomic E-state index is 14.0. The minimum atomic E-state index is -0.760. The molecular weight excluding hydrogens is 420 g/mol. The lowest BCUT2D eigenvalue weighted by atomic mass is 9.69. The summed E-state index contributed by atoms with van der Waals surface area (Å²) in [6.07, 6.45) is 16.3. The highest BCUT2D eigenvalue weighted by Gasteiger charge is 2.31. The van der Waals surface area contributed by atoms with Gasteiger partial charge in [-0.05, 0) is 93.5 Å². The number of isothiocyanates is 1. The number of rotatable bonds is 4. The molecule has 0 N–H and O–H groups in total. The number of halogens is 2. The molecule has 1 atom stereocenters. The standard InChI is InChI=1S/C28H33F2NS/c1-19-14-25(24-10-6-21(7-11-24)15-20-4-2-3-5-20)13-12-23(19)9-8-22-16-26(29)28(31-18-32)27(30)17-22/h16-17,20-21,24-25H,2-7,10-15H2,1H3. The van der Waals surface area contributed by atoms with Crippen LogP contribution in [0, 0.1) is 47.1 Å². The minimum absolute atomic E-state index is 0.325. The summed E-state index contributed by atoms with van der Waals surface area (Å²) in [5, 5.41) is 2.01. The van der Waals surface area contributed by atoms with Gasteiger partial charge in [0.15, 0.2) is 11.6 Å². The van der Waals surface area contributed by atoms with Crippen molar-refractivity contribution in [2.24, 2.45) is 28.7 Å². The smallest absolute Gasteiger partial charge is 0.153 e. The van der Waals surface area contributed by atoms with Crippen LogP contribution in [0.15, 0.2) is 28.3 Å². The second-order valence-electron chi connectivity index (χ2n) is 10.2. The lowest BCUT2D eigenvalue weighted by Gasteiger charge is -2.37. The highest BCUT2D eigenvalue weighted by atomic mass is 32.1. The fraction of sp³-hybridized carbons (Fsp3) is 0.607. The normalized spacial score (nSPS) is 26.4. The van der Waals surface area contributed by atoms with E-state index in [2.05, 4.69) is 36.0 Å². The molecule has 0 aliphatic heterocycles. The average molecular weight is 454 g/mol. The van der Waals surface area contributed by atoms with Gasteiger partial charge in [0.25, 0.3) is 0 Å². The molecule has 1 unspecified atom stereocenters. The van der Waals surface area contributed by atoms with Crippen molar-refractivity contribution in [1.82, 2.24) is 0 Å². The molecule has 170 valence electrons.